The Morgan fingerprint density at radius 2 is 2.06 bits per heavy atom. The zero-order chi connectivity index (χ0) is 13.3. The number of rotatable bonds is 2. The zero-order valence-electron chi connectivity index (χ0n) is 11.4. The Hall–Kier alpha value is -1.22. The van der Waals surface area contributed by atoms with E-state index >= 15 is 0 Å². The molecule has 0 aliphatic carbocycles. The highest BCUT2D eigenvalue weighted by molar-refractivity contribution is 5.54. The van der Waals surface area contributed by atoms with Crippen LogP contribution in [0.3, 0.4) is 0 Å². The van der Waals surface area contributed by atoms with E-state index in [0.29, 0.717) is 17.5 Å². The van der Waals surface area contributed by atoms with Crippen LogP contribution in [0.25, 0.3) is 0 Å². The van der Waals surface area contributed by atoms with Crippen LogP contribution >= 0.6 is 0 Å². The average Bonchev–Trinajstić information content (AvgIpc) is 2.32. The molecule has 100 valence electrons. The van der Waals surface area contributed by atoms with E-state index in [9.17, 15) is 10.2 Å². The number of hydrogen-bond acceptors (Lipinski definition) is 3. The topological polar surface area (TPSA) is 43.7 Å². The SMILES string of the molecule is CC(O)c1ccc(N2CCCC(C)C2C)cc1O. The number of hydrogen-bond donors (Lipinski definition) is 2. The van der Waals surface area contributed by atoms with Crippen molar-refractivity contribution in [1.29, 1.82) is 0 Å². The molecule has 0 bridgehead atoms. The number of aliphatic hydroxyl groups excluding tert-OH is 1. The predicted molar refractivity (Wildman–Crippen MR) is 73.9 cm³/mol. The van der Waals surface area contributed by atoms with Crippen molar-refractivity contribution in [3.8, 4) is 5.75 Å². The van der Waals surface area contributed by atoms with Gasteiger partial charge in [0.25, 0.3) is 0 Å². The van der Waals surface area contributed by atoms with Crippen LogP contribution in [-0.2, 0) is 0 Å². The Kier molecular flexibility index (Phi) is 3.81. The largest absolute Gasteiger partial charge is 0.507 e. The number of nitrogens with zero attached hydrogens (tertiary/aromatic N) is 1. The van der Waals surface area contributed by atoms with Gasteiger partial charge in [0, 0.05) is 29.9 Å². The minimum Gasteiger partial charge on any atom is -0.507 e. The molecular weight excluding hydrogens is 226 g/mol. The number of benzene rings is 1. The van der Waals surface area contributed by atoms with Crippen molar-refractivity contribution in [2.75, 3.05) is 11.4 Å². The second kappa shape index (κ2) is 5.19. The monoisotopic (exact) mass is 249 g/mol. The number of anilines is 1. The van der Waals surface area contributed by atoms with E-state index in [1.807, 2.05) is 12.1 Å². The highest BCUT2D eigenvalue weighted by Crippen LogP contribution is 2.33. The van der Waals surface area contributed by atoms with Gasteiger partial charge in [-0.2, -0.15) is 0 Å². The molecule has 3 nitrogen and oxygen atoms in total. The van der Waals surface area contributed by atoms with Gasteiger partial charge in [0.15, 0.2) is 0 Å². The van der Waals surface area contributed by atoms with Gasteiger partial charge < -0.3 is 15.1 Å². The quantitative estimate of drug-likeness (QED) is 0.846. The summed E-state index contributed by atoms with van der Waals surface area (Å²) in [5.74, 6) is 0.866. The van der Waals surface area contributed by atoms with Crippen molar-refractivity contribution < 1.29 is 10.2 Å². The van der Waals surface area contributed by atoms with Gasteiger partial charge >= 0.3 is 0 Å². The maximum Gasteiger partial charge on any atom is 0.123 e. The van der Waals surface area contributed by atoms with Crippen molar-refractivity contribution in [3.63, 3.8) is 0 Å². The van der Waals surface area contributed by atoms with Crippen LogP contribution in [0.5, 0.6) is 5.75 Å². The van der Waals surface area contributed by atoms with Gasteiger partial charge in [0.05, 0.1) is 6.10 Å². The van der Waals surface area contributed by atoms with E-state index in [1.54, 1.807) is 13.0 Å². The first-order chi connectivity index (χ1) is 8.50. The van der Waals surface area contributed by atoms with Gasteiger partial charge in [0.2, 0.25) is 0 Å². The lowest BCUT2D eigenvalue weighted by Crippen LogP contribution is -2.42. The first-order valence-electron chi connectivity index (χ1n) is 6.78. The number of phenolic OH excluding ortho intramolecular Hbond substituents is 1. The van der Waals surface area contributed by atoms with Crippen molar-refractivity contribution in [1.82, 2.24) is 0 Å². The molecule has 1 aromatic rings. The third-order valence-corrected chi connectivity index (χ3v) is 4.17. The molecule has 0 spiro atoms. The molecule has 3 atom stereocenters. The van der Waals surface area contributed by atoms with Gasteiger partial charge in [-0.3, -0.25) is 0 Å². The smallest absolute Gasteiger partial charge is 0.123 e. The summed E-state index contributed by atoms with van der Waals surface area (Å²) in [4.78, 5) is 2.35. The lowest BCUT2D eigenvalue weighted by molar-refractivity contribution is 0.195. The molecule has 2 rings (SSSR count). The Morgan fingerprint density at radius 1 is 1.33 bits per heavy atom. The van der Waals surface area contributed by atoms with Crippen LogP contribution in [0.2, 0.25) is 0 Å². The van der Waals surface area contributed by atoms with Gasteiger partial charge in [-0.05, 0) is 38.7 Å². The van der Waals surface area contributed by atoms with Gasteiger partial charge in [-0.25, -0.2) is 0 Å². The highest BCUT2D eigenvalue weighted by atomic mass is 16.3. The first-order valence-corrected chi connectivity index (χ1v) is 6.78. The molecule has 0 saturated carbocycles. The van der Waals surface area contributed by atoms with Gasteiger partial charge in [-0.1, -0.05) is 13.0 Å². The lowest BCUT2D eigenvalue weighted by atomic mass is 9.91. The second-order valence-electron chi connectivity index (χ2n) is 5.47. The van der Waals surface area contributed by atoms with E-state index < -0.39 is 6.10 Å². The molecule has 3 heteroatoms. The fourth-order valence-corrected chi connectivity index (χ4v) is 2.76. The summed E-state index contributed by atoms with van der Waals surface area (Å²) in [5, 5.41) is 19.5. The molecule has 1 heterocycles. The molecule has 1 aliphatic rings. The fourth-order valence-electron chi connectivity index (χ4n) is 2.76. The van der Waals surface area contributed by atoms with E-state index in [0.717, 1.165) is 12.2 Å². The van der Waals surface area contributed by atoms with Crippen molar-refractivity contribution in [2.45, 2.75) is 45.8 Å². The summed E-state index contributed by atoms with van der Waals surface area (Å²) >= 11 is 0. The maximum atomic E-state index is 9.96. The summed E-state index contributed by atoms with van der Waals surface area (Å²) in [5.41, 5.74) is 1.65. The van der Waals surface area contributed by atoms with Gasteiger partial charge in [0.1, 0.15) is 5.75 Å². The van der Waals surface area contributed by atoms with Crippen LogP contribution in [0, 0.1) is 5.92 Å². The number of piperidine rings is 1. The molecular formula is C15H23NO2. The molecule has 18 heavy (non-hydrogen) atoms. The lowest BCUT2D eigenvalue weighted by Gasteiger charge is -2.39. The van der Waals surface area contributed by atoms with Crippen molar-refractivity contribution in [3.05, 3.63) is 23.8 Å². The summed E-state index contributed by atoms with van der Waals surface area (Å²) in [6.45, 7) is 7.23. The highest BCUT2D eigenvalue weighted by Gasteiger charge is 2.25. The van der Waals surface area contributed by atoms with E-state index in [4.69, 9.17) is 0 Å². The van der Waals surface area contributed by atoms with E-state index in [1.165, 1.54) is 12.8 Å². The van der Waals surface area contributed by atoms with E-state index in [-0.39, 0.29) is 5.75 Å². The van der Waals surface area contributed by atoms with Crippen LogP contribution in [-0.4, -0.2) is 22.8 Å². The van der Waals surface area contributed by atoms with Crippen LogP contribution in [0.1, 0.15) is 45.3 Å². The number of aliphatic hydroxyl groups is 1. The first kappa shape index (κ1) is 13.2. The summed E-state index contributed by atoms with van der Waals surface area (Å²) in [7, 11) is 0. The van der Waals surface area contributed by atoms with Gasteiger partial charge in [-0.15, -0.1) is 0 Å². The summed E-state index contributed by atoms with van der Waals surface area (Å²) in [6, 6.07) is 6.09. The minimum atomic E-state index is -0.628. The Labute approximate surface area is 109 Å². The average molecular weight is 249 g/mol. The third kappa shape index (κ3) is 2.46. The molecule has 1 aliphatic heterocycles. The van der Waals surface area contributed by atoms with Crippen molar-refractivity contribution in [2.24, 2.45) is 5.92 Å². The van der Waals surface area contributed by atoms with Crippen LogP contribution < -0.4 is 4.90 Å². The Bertz CT molecular complexity index is 417. The summed E-state index contributed by atoms with van der Waals surface area (Å²) in [6.07, 6.45) is 1.84. The maximum absolute atomic E-state index is 9.96. The molecule has 0 radical (unpaired) electrons. The van der Waals surface area contributed by atoms with Crippen molar-refractivity contribution >= 4 is 5.69 Å². The Balaban J connectivity index is 2.26. The minimum absolute atomic E-state index is 0.188. The molecule has 1 saturated heterocycles. The third-order valence-electron chi connectivity index (χ3n) is 4.17. The van der Waals surface area contributed by atoms with E-state index in [2.05, 4.69) is 18.7 Å². The molecule has 0 aromatic heterocycles. The number of aromatic hydroxyl groups is 1. The second-order valence-corrected chi connectivity index (χ2v) is 5.47. The standard InChI is InChI=1S/C15H23NO2/c1-10-5-4-8-16(11(10)2)13-6-7-14(12(3)17)15(18)9-13/h6-7,9-12,17-18H,4-5,8H2,1-3H3. The molecule has 2 N–H and O–H groups in total. The number of phenols is 1. The van der Waals surface area contributed by atoms with Crippen LogP contribution in [0.4, 0.5) is 5.69 Å². The molecule has 0 amide bonds. The fraction of sp³-hybridized carbons (Fsp3) is 0.600. The molecule has 1 fully saturated rings. The van der Waals surface area contributed by atoms with Crippen LogP contribution in [0.15, 0.2) is 18.2 Å². The zero-order valence-corrected chi connectivity index (χ0v) is 11.4. The molecule has 1 aromatic carbocycles. The predicted octanol–water partition coefficient (Wildman–Crippen LogP) is 3.07. The Morgan fingerprint density at radius 3 is 2.67 bits per heavy atom. The normalized spacial score (nSPS) is 26.1. The summed E-state index contributed by atoms with van der Waals surface area (Å²) < 4.78 is 0. The molecule has 3 unspecified atom stereocenters.